The van der Waals surface area contributed by atoms with E-state index in [2.05, 4.69) is 4.72 Å². The van der Waals surface area contributed by atoms with Gasteiger partial charge in [0.25, 0.3) is 0 Å². The first-order valence-electron chi connectivity index (χ1n) is 6.03. The summed E-state index contributed by atoms with van der Waals surface area (Å²) in [6.45, 7) is 4.32. The first-order valence-corrected chi connectivity index (χ1v) is 9.78. The number of benzene rings is 1. The number of rotatable bonds is 5. The second-order valence-corrected chi connectivity index (χ2v) is 10.3. The van der Waals surface area contributed by atoms with Gasteiger partial charge in [0.1, 0.15) is 0 Å². The topological polar surface area (TPSA) is 106 Å². The molecule has 9 heteroatoms. The highest BCUT2D eigenvalue weighted by molar-refractivity contribution is 7.92. The Kier molecular flexibility index (Phi) is 4.99. The summed E-state index contributed by atoms with van der Waals surface area (Å²) in [6.07, 6.45) is 1.06. The van der Waals surface area contributed by atoms with Crippen LogP contribution >= 0.6 is 11.6 Å². The number of nitrogens with two attached hydrogens (primary N) is 1. The lowest BCUT2D eigenvalue weighted by molar-refractivity contribution is 0.537. The Morgan fingerprint density at radius 1 is 1.24 bits per heavy atom. The van der Waals surface area contributed by atoms with E-state index in [1.54, 1.807) is 6.92 Å². The molecule has 3 N–H and O–H groups in total. The molecule has 0 amide bonds. The summed E-state index contributed by atoms with van der Waals surface area (Å²) in [5, 5.41) is 0.234. The molecule has 0 radical (unpaired) electrons. The number of halogens is 1. The first kappa shape index (κ1) is 18.2. The molecule has 0 saturated carbocycles. The molecule has 0 aliphatic rings. The quantitative estimate of drug-likeness (QED) is 0.776. The third-order valence-corrected chi connectivity index (χ3v) is 7.29. The van der Waals surface area contributed by atoms with E-state index >= 15 is 0 Å². The molecule has 0 spiro atoms. The van der Waals surface area contributed by atoms with Crippen LogP contribution in [0.3, 0.4) is 0 Å². The van der Waals surface area contributed by atoms with E-state index in [1.807, 2.05) is 0 Å². The van der Waals surface area contributed by atoms with Crippen molar-refractivity contribution in [3.05, 3.63) is 22.7 Å². The highest BCUT2D eigenvalue weighted by atomic mass is 35.5. The Morgan fingerprint density at radius 2 is 1.76 bits per heavy atom. The van der Waals surface area contributed by atoms with Gasteiger partial charge in [-0.25, -0.2) is 21.6 Å². The van der Waals surface area contributed by atoms with Crippen molar-refractivity contribution in [1.82, 2.24) is 4.72 Å². The minimum Gasteiger partial charge on any atom is -0.398 e. The van der Waals surface area contributed by atoms with Crippen LogP contribution in [0, 0.1) is 6.92 Å². The van der Waals surface area contributed by atoms with E-state index in [1.165, 1.54) is 26.0 Å². The number of nitrogens with one attached hydrogen (secondary N) is 1. The monoisotopic (exact) mass is 354 g/mol. The lowest BCUT2D eigenvalue weighted by Gasteiger charge is -2.22. The van der Waals surface area contributed by atoms with Crippen LogP contribution < -0.4 is 10.5 Å². The molecule has 0 saturated heterocycles. The number of sulfone groups is 1. The second-order valence-electron chi connectivity index (χ2n) is 5.48. The Hall–Kier alpha value is -0.830. The fourth-order valence-corrected chi connectivity index (χ4v) is 3.30. The van der Waals surface area contributed by atoms with Crippen molar-refractivity contribution >= 4 is 37.1 Å². The van der Waals surface area contributed by atoms with Crippen molar-refractivity contribution in [2.45, 2.75) is 30.4 Å². The van der Waals surface area contributed by atoms with Gasteiger partial charge in [0.15, 0.2) is 9.84 Å². The second kappa shape index (κ2) is 5.75. The van der Waals surface area contributed by atoms with Gasteiger partial charge >= 0.3 is 0 Å². The lowest BCUT2D eigenvalue weighted by atomic mass is 10.2. The minimum absolute atomic E-state index is 0.0973. The van der Waals surface area contributed by atoms with Gasteiger partial charge in [-0.3, -0.25) is 0 Å². The number of anilines is 1. The summed E-state index contributed by atoms with van der Waals surface area (Å²) < 4.78 is 48.6. The van der Waals surface area contributed by atoms with E-state index < -0.39 is 24.6 Å². The van der Waals surface area contributed by atoms with Crippen LogP contribution in [0.15, 0.2) is 17.0 Å². The van der Waals surface area contributed by atoms with Crippen molar-refractivity contribution in [3.63, 3.8) is 0 Å². The number of hydrogen-bond donors (Lipinski definition) is 2. The average Bonchev–Trinajstić information content (AvgIpc) is 2.31. The Morgan fingerprint density at radius 3 is 2.19 bits per heavy atom. The Balaban J connectivity index is 3.09. The van der Waals surface area contributed by atoms with E-state index in [0.717, 1.165) is 6.26 Å². The van der Waals surface area contributed by atoms with Crippen molar-refractivity contribution in [2.24, 2.45) is 0 Å². The largest absolute Gasteiger partial charge is 0.398 e. The van der Waals surface area contributed by atoms with Gasteiger partial charge in [0.05, 0.1) is 9.64 Å². The summed E-state index contributed by atoms with van der Waals surface area (Å²) in [5.41, 5.74) is 6.54. The first-order chi connectivity index (χ1) is 9.28. The van der Waals surface area contributed by atoms with Crippen molar-refractivity contribution in [3.8, 4) is 0 Å². The molecule has 0 atom stereocenters. The van der Waals surface area contributed by atoms with Gasteiger partial charge < -0.3 is 5.73 Å². The van der Waals surface area contributed by atoms with Crippen LogP contribution in [0.25, 0.3) is 0 Å². The summed E-state index contributed by atoms with van der Waals surface area (Å²) in [7, 11) is -7.30. The number of nitrogen functional groups attached to an aromatic ring is 1. The van der Waals surface area contributed by atoms with E-state index in [0.29, 0.717) is 5.56 Å². The predicted molar refractivity (Wildman–Crippen MR) is 84.7 cm³/mol. The summed E-state index contributed by atoms with van der Waals surface area (Å²) in [4.78, 5) is -0.0973. The summed E-state index contributed by atoms with van der Waals surface area (Å²) in [6, 6.07) is 2.57. The molecule has 6 nitrogen and oxygen atoms in total. The van der Waals surface area contributed by atoms with Crippen molar-refractivity contribution < 1.29 is 16.8 Å². The molecular formula is C12H19ClN2O4S2. The molecule has 120 valence electrons. The maximum Gasteiger partial charge on any atom is 0.240 e. The Labute approximate surface area is 130 Å². The molecule has 0 aromatic heterocycles. The van der Waals surface area contributed by atoms with Crippen LogP contribution in [0.2, 0.25) is 5.02 Å². The average molecular weight is 355 g/mol. The highest BCUT2D eigenvalue weighted by Gasteiger charge is 2.32. The van der Waals surface area contributed by atoms with Gasteiger partial charge in [0, 0.05) is 23.5 Å². The Bertz CT molecular complexity index is 732. The maximum atomic E-state index is 12.2. The zero-order valence-corrected chi connectivity index (χ0v) is 14.7. The van der Waals surface area contributed by atoms with Crippen molar-refractivity contribution in [2.75, 3.05) is 18.5 Å². The fourth-order valence-electron chi connectivity index (χ4n) is 1.31. The van der Waals surface area contributed by atoms with Gasteiger partial charge in [-0.1, -0.05) is 11.6 Å². The molecule has 0 aliphatic heterocycles. The number of hydrogen-bond acceptors (Lipinski definition) is 5. The van der Waals surface area contributed by atoms with Gasteiger partial charge in [0.2, 0.25) is 10.0 Å². The smallest absolute Gasteiger partial charge is 0.240 e. The van der Waals surface area contributed by atoms with Crippen LogP contribution in [0.1, 0.15) is 19.4 Å². The van der Waals surface area contributed by atoms with E-state index in [4.69, 9.17) is 17.3 Å². The van der Waals surface area contributed by atoms with Crippen LogP contribution in [-0.2, 0) is 19.9 Å². The minimum atomic E-state index is -3.89. The zero-order chi connectivity index (χ0) is 16.6. The van der Waals surface area contributed by atoms with Gasteiger partial charge in [-0.2, -0.15) is 0 Å². The van der Waals surface area contributed by atoms with Crippen LogP contribution in [0.5, 0.6) is 0 Å². The van der Waals surface area contributed by atoms with Crippen LogP contribution in [-0.4, -0.2) is 34.4 Å². The number of sulfonamides is 1. The summed E-state index contributed by atoms with van der Waals surface area (Å²) in [5.74, 6) is 0. The molecule has 0 unspecified atom stereocenters. The SMILES string of the molecule is Cc1c(N)cc(S(=O)(=O)NCC(C)(C)S(C)(=O)=O)cc1Cl. The molecule has 0 bridgehead atoms. The van der Waals surface area contributed by atoms with Crippen LogP contribution in [0.4, 0.5) is 5.69 Å². The van der Waals surface area contributed by atoms with Crippen molar-refractivity contribution in [1.29, 1.82) is 0 Å². The molecule has 21 heavy (non-hydrogen) atoms. The molecule has 1 rings (SSSR count). The fraction of sp³-hybridized carbons (Fsp3) is 0.500. The molecule has 0 fully saturated rings. The summed E-state index contributed by atoms with van der Waals surface area (Å²) >= 11 is 5.92. The van der Waals surface area contributed by atoms with Gasteiger partial charge in [-0.05, 0) is 38.5 Å². The van der Waals surface area contributed by atoms with E-state index in [-0.39, 0.29) is 22.2 Å². The molecule has 1 aromatic rings. The molecule has 0 aliphatic carbocycles. The third-order valence-electron chi connectivity index (χ3n) is 3.36. The standard InChI is InChI=1S/C12H19ClN2O4S2/c1-8-10(13)5-9(6-11(8)14)21(18,19)15-7-12(2,3)20(4,16)17/h5-6,15H,7,14H2,1-4H3. The maximum absolute atomic E-state index is 12.2. The van der Waals surface area contributed by atoms with Gasteiger partial charge in [-0.15, -0.1) is 0 Å². The molecular weight excluding hydrogens is 336 g/mol. The highest BCUT2D eigenvalue weighted by Crippen LogP contribution is 2.26. The molecule has 1 aromatic carbocycles. The van der Waals surface area contributed by atoms with E-state index in [9.17, 15) is 16.8 Å². The normalized spacial score (nSPS) is 13.4. The lowest BCUT2D eigenvalue weighted by Crippen LogP contribution is -2.43. The predicted octanol–water partition coefficient (Wildman–Crippen LogP) is 1.33. The molecule has 0 heterocycles. The zero-order valence-electron chi connectivity index (χ0n) is 12.3. The third kappa shape index (κ3) is 4.09.